The largest absolute Gasteiger partial charge is 0.374 e. The van der Waals surface area contributed by atoms with Crippen LogP contribution in [-0.2, 0) is 4.74 Å². The van der Waals surface area contributed by atoms with Gasteiger partial charge in [-0.25, -0.2) is 0 Å². The SMILES string of the molecule is Cc1ccc2cc(C(=O)C3CC4CCC3O4)ccc2n1. The molecular weight excluding hydrogens is 250 g/mol. The van der Waals surface area contributed by atoms with E-state index in [0.717, 1.165) is 41.4 Å². The lowest BCUT2D eigenvalue weighted by Crippen LogP contribution is -2.25. The predicted molar refractivity (Wildman–Crippen MR) is 76.8 cm³/mol. The maximum Gasteiger partial charge on any atom is 0.168 e. The first kappa shape index (κ1) is 12.0. The zero-order valence-electron chi connectivity index (χ0n) is 11.5. The van der Waals surface area contributed by atoms with Crippen molar-refractivity contribution in [3.05, 3.63) is 41.6 Å². The highest BCUT2D eigenvalue weighted by molar-refractivity contribution is 6.01. The maximum absolute atomic E-state index is 12.6. The molecular formula is C17H17NO2. The summed E-state index contributed by atoms with van der Waals surface area (Å²) in [7, 11) is 0. The van der Waals surface area contributed by atoms with Gasteiger partial charge in [-0.15, -0.1) is 0 Å². The van der Waals surface area contributed by atoms with Gasteiger partial charge in [0.2, 0.25) is 0 Å². The molecule has 0 aliphatic carbocycles. The van der Waals surface area contributed by atoms with Crippen LogP contribution < -0.4 is 0 Å². The number of carbonyl (C=O) groups excluding carboxylic acids is 1. The third-order valence-electron chi connectivity index (χ3n) is 4.56. The minimum atomic E-state index is 0.0598. The number of ether oxygens (including phenoxy) is 1. The van der Waals surface area contributed by atoms with Gasteiger partial charge in [-0.05, 0) is 50.5 Å². The average Bonchev–Trinajstić information content (AvgIpc) is 3.08. The van der Waals surface area contributed by atoms with E-state index in [0.29, 0.717) is 6.10 Å². The molecule has 0 amide bonds. The highest BCUT2D eigenvalue weighted by atomic mass is 16.5. The van der Waals surface area contributed by atoms with Crippen LogP contribution in [0.5, 0.6) is 0 Å². The number of ketones is 1. The van der Waals surface area contributed by atoms with Gasteiger partial charge in [0.25, 0.3) is 0 Å². The second kappa shape index (κ2) is 4.38. The van der Waals surface area contributed by atoms with Gasteiger partial charge in [0.15, 0.2) is 5.78 Å². The van der Waals surface area contributed by atoms with Gasteiger partial charge >= 0.3 is 0 Å². The van der Waals surface area contributed by atoms with Gasteiger partial charge < -0.3 is 4.74 Å². The van der Waals surface area contributed by atoms with Crippen LogP contribution in [0.1, 0.15) is 35.3 Å². The van der Waals surface area contributed by atoms with Crippen molar-refractivity contribution in [2.45, 2.75) is 38.4 Å². The number of carbonyl (C=O) groups is 1. The number of nitrogens with zero attached hydrogens (tertiary/aromatic N) is 1. The molecule has 3 atom stereocenters. The number of Topliss-reactive ketones (excluding diaryl/α,β-unsaturated/α-hetero) is 1. The number of hydrogen-bond acceptors (Lipinski definition) is 3. The van der Waals surface area contributed by atoms with Crippen LogP contribution in [0.2, 0.25) is 0 Å². The molecule has 4 rings (SSSR count). The summed E-state index contributed by atoms with van der Waals surface area (Å²) >= 11 is 0. The van der Waals surface area contributed by atoms with Crippen molar-refractivity contribution in [2.75, 3.05) is 0 Å². The Morgan fingerprint density at radius 2 is 2.15 bits per heavy atom. The second-order valence-corrected chi connectivity index (χ2v) is 5.94. The Morgan fingerprint density at radius 1 is 1.25 bits per heavy atom. The monoisotopic (exact) mass is 267 g/mol. The molecule has 2 aliphatic rings. The summed E-state index contributed by atoms with van der Waals surface area (Å²) in [6.07, 6.45) is 3.52. The lowest BCUT2D eigenvalue weighted by molar-refractivity contribution is 0.0743. The van der Waals surface area contributed by atoms with Crippen LogP contribution >= 0.6 is 0 Å². The summed E-state index contributed by atoms with van der Waals surface area (Å²) in [5.74, 6) is 0.296. The molecule has 2 fully saturated rings. The molecule has 2 aliphatic heterocycles. The van der Waals surface area contributed by atoms with E-state index in [9.17, 15) is 4.79 Å². The van der Waals surface area contributed by atoms with E-state index in [1.165, 1.54) is 0 Å². The first-order valence-electron chi connectivity index (χ1n) is 7.28. The van der Waals surface area contributed by atoms with Gasteiger partial charge in [0.05, 0.1) is 23.6 Å². The van der Waals surface area contributed by atoms with Gasteiger partial charge in [-0.1, -0.05) is 6.07 Å². The lowest BCUT2D eigenvalue weighted by atomic mass is 9.83. The normalized spacial score (nSPS) is 28.1. The molecule has 2 aromatic rings. The highest BCUT2D eigenvalue weighted by Crippen LogP contribution is 2.40. The maximum atomic E-state index is 12.6. The summed E-state index contributed by atoms with van der Waals surface area (Å²) in [5.41, 5.74) is 2.74. The van der Waals surface area contributed by atoms with E-state index in [1.807, 2.05) is 37.3 Å². The van der Waals surface area contributed by atoms with E-state index in [1.54, 1.807) is 0 Å². The topological polar surface area (TPSA) is 39.2 Å². The van der Waals surface area contributed by atoms with Crippen molar-refractivity contribution in [1.29, 1.82) is 0 Å². The number of rotatable bonds is 2. The quantitative estimate of drug-likeness (QED) is 0.784. The van der Waals surface area contributed by atoms with Gasteiger partial charge in [-0.2, -0.15) is 0 Å². The van der Waals surface area contributed by atoms with E-state index >= 15 is 0 Å². The minimum Gasteiger partial charge on any atom is -0.374 e. The summed E-state index contributed by atoms with van der Waals surface area (Å²) in [6.45, 7) is 1.98. The minimum absolute atomic E-state index is 0.0598. The van der Waals surface area contributed by atoms with Crippen molar-refractivity contribution < 1.29 is 9.53 Å². The standard InChI is InChI=1S/C17H17NO2/c1-10-2-3-11-8-12(4-6-15(11)18-10)17(19)14-9-13-5-7-16(14)20-13/h2-4,6,8,13-14,16H,5,7,9H2,1H3. The fraction of sp³-hybridized carbons (Fsp3) is 0.412. The van der Waals surface area contributed by atoms with Crippen molar-refractivity contribution in [3.8, 4) is 0 Å². The predicted octanol–water partition coefficient (Wildman–Crippen LogP) is 3.29. The van der Waals surface area contributed by atoms with E-state index in [2.05, 4.69) is 4.98 Å². The molecule has 0 saturated carbocycles. The third-order valence-corrected chi connectivity index (χ3v) is 4.56. The molecule has 3 heteroatoms. The van der Waals surface area contributed by atoms with Gasteiger partial charge in [0, 0.05) is 16.6 Å². The molecule has 20 heavy (non-hydrogen) atoms. The molecule has 1 aromatic carbocycles. The summed E-state index contributed by atoms with van der Waals surface area (Å²) in [6, 6.07) is 9.84. The van der Waals surface area contributed by atoms with Crippen LogP contribution in [0.4, 0.5) is 0 Å². The lowest BCUT2D eigenvalue weighted by Gasteiger charge is -2.17. The molecule has 102 valence electrons. The molecule has 0 spiro atoms. The van der Waals surface area contributed by atoms with Crippen molar-refractivity contribution in [3.63, 3.8) is 0 Å². The first-order valence-corrected chi connectivity index (χ1v) is 7.28. The van der Waals surface area contributed by atoms with Crippen LogP contribution in [0.25, 0.3) is 10.9 Å². The number of aromatic nitrogens is 1. The van der Waals surface area contributed by atoms with Crippen LogP contribution in [0.15, 0.2) is 30.3 Å². The fourth-order valence-corrected chi connectivity index (χ4v) is 3.51. The number of aryl methyl sites for hydroxylation is 1. The first-order chi connectivity index (χ1) is 9.70. The Bertz CT molecular complexity index is 694. The van der Waals surface area contributed by atoms with Crippen molar-refractivity contribution in [2.24, 2.45) is 5.92 Å². The number of hydrogen-bond donors (Lipinski definition) is 0. The van der Waals surface area contributed by atoms with Crippen LogP contribution in [0, 0.1) is 12.8 Å². The van der Waals surface area contributed by atoms with Gasteiger partial charge in [-0.3, -0.25) is 9.78 Å². The van der Waals surface area contributed by atoms with Crippen LogP contribution in [-0.4, -0.2) is 23.0 Å². The Hall–Kier alpha value is -1.74. The number of benzene rings is 1. The zero-order valence-corrected chi connectivity index (χ0v) is 11.5. The summed E-state index contributed by atoms with van der Waals surface area (Å²) < 4.78 is 5.80. The highest BCUT2D eigenvalue weighted by Gasteiger charge is 2.44. The molecule has 0 radical (unpaired) electrons. The fourth-order valence-electron chi connectivity index (χ4n) is 3.51. The molecule has 3 heterocycles. The molecule has 1 aromatic heterocycles. The third kappa shape index (κ3) is 1.85. The average molecular weight is 267 g/mol. The molecule has 2 saturated heterocycles. The Kier molecular flexibility index (Phi) is 2.64. The van der Waals surface area contributed by atoms with Gasteiger partial charge in [0.1, 0.15) is 0 Å². The number of fused-ring (bicyclic) bond motifs is 3. The zero-order chi connectivity index (χ0) is 13.7. The van der Waals surface area contributed by atoms with Crippen LogP contribution in [0.3, 0.4) is 0 Å². The second-order valence-electron chi connectivity index (χ2n) is 5.94. The smallest absolute Gasteiger partial charge is 0.168 e. The molecule has 3 unspecified atom stereocenters. The summed E-state index contributed by atoms with van der Waals surface area (Å²) in [5, 5.41) is 1.03. The Balaban J connectivity index is 1.68. The van der Waals surface area contributed by atoms with Crippen molar-refractivity contribution in [1.82, 2.24) is 4.98 Å². The molecule has 3 nitrogen and oxygen atoms in total. The van der Waals surface area contributed by atoms with E-state index in [-0.39, 0.29) is 17.8 Å². The Morgan fingerprint density at radius 3 is 2.90 bits per heavy atom. The number of pyridine rings is 1. The van der Waals surface area contributed by atoms with Crippen molar-refractivity contribution >= 4 is 16.7 Å². The Labute approximate surface area is 118 Å². The molecule has 0 N–H and O–H groups in total. The van der Waals surface area contributed by atoms with E-state index in [4.69, 9.17) is 4.74 Å². The summed E-state index contributed by atoms with van der Waals surface area (Å²) in [4.78, 5) is 17.1. The molecule has 2 bridgehead atoms. The van der Waals surface area contributed by atoms with E-state index < -0.39 is 0 Å².